The molecule has 5 rings (SSSR count). The molecule has 0 aliphatic heterocycles. The number of carbonyl (C=O) groups is 2. The van der Waals surface area contributed by atoms with Gasteiger partial charge in [0.25, 0.3) is 0 Å². The van der Waals surface area contributed by atoms with E-state index in [2.05, 4.69) is 37.3 Å². The number of esters is 1. The number of Topliss-reactive ketones (excluding diaryl/α,β-unsaturated/α-hetero) is 1. The fraction of sp³-hybridized carbons (Fsp3) is 0.296. The van der Waals surface area contributed by atoms with Crippen molar-refractivity contribution < 1.29 is 14.3 Å². The molecule has 0 saturated heterocycles. The predicted octanol–water partition coefficient (Wildman–Crippen LogP) is 5.70. The zero-order valence-corrected chi connectivity index (χ0v) is 17.7. The zero-order valence-electron chi connectivity index (χ0n) is 17.7. The van der Waals surface area contributed by atoms with E-state index in [4.69, 9.17) is 9.72 Å². The maximum atomic E-state index is 13.3. The van der Waals surface area contributed by atoms with Crippen molar-refractivity contribution in [2.75, 3.05) is 0 Å². The third-order valence-corrected chi connectivity index (χ3v) is 6.31. The summed E-state index contributed by atoms with van der Waals surface area (Å²) in [6.07, 6.45) is 6.03. The summed E-state index contributed by atoms with van der Waals surface area (Å²) >= 11 is 0. The normalized spacial score (nSPS) is 19.6. The largest absolute Gasteiger partial charge is 0.451 e. The van der Waals surface area contributed by atoms with E-state index in [-0.39, 0.29) is 5.78 Å². The van der Waals surface area contributed by atoms with Gasteiger partial charge in [-0.25, -0.2) is 9.78 Å². The summed E-state index contributed by atoms with van der Waals surface area (Å²) in [4.78, 5) is 30.5. The van der Waals surface area contributed by atoms with Gasteiger partial charge in [-0.3, -0.25) is 4.79 Å². The number of rotatable bonds is 3. The van der Waals surface area contributed by atoms with Crippen LogP contribution in [-0.4, -0.2) is 22.8 Å². The molecule has 1 saturated carbocycles. The molecular formula is C27H25NO3. The second kappa shape index (κ2) is 8.10. The van der Waals surface area contributed by atoms with E-state index in [0.29, 0.717) is 18.4 Å². The summed E-state index contributed by atoms with van der Waals surface area (Å²) in [5.41, 5.74) is 6.64. The molecule has 0 spiro atoms. The summed E-state index contributed by atoms with van der Waals surface area (Å²) in [5, 5.41) is 0.797. The van der Waals surface area contributed by atoms with Crippen molar-refractivity contribution in [2.45, 2.75) is 51.6 Å². The van der Waals surface area contributed by atoms with Crippen LogP contribution in [0, 0.1) is 6.92 Å². The fourth-order valence-electron chi connectivity index (χ4n) is 4.64. The van der Waals surface area contributed by atoms with Crippen LogP contribution in [0.4, 0.5) is 0 Å². The van der Waals surface area contributed by atoms with Gasteiger partial charge in [0.15, 0.2) is 11.9 Å². The van der Waals surface area contributed by atoms with E-state index in [1.165, 1.54) is 5.56 Å². The molecular weight excluding hydrogens is 386 g/mol. The molecule has 2 aliphatic carbocycles. The first-order valence-electron chi connectivity index (χ1n) is 11.0. The molecule has 2 aliphatic rings. The van der Waals surface area contributed by atoms with Gasteiger partial charge in [-0.15, -0.1) is 0 Å². The number of pyridine rings is 1. The van der Waals surface area contributed by atoms with Crippen LogP contribution in [0.2, 0.25) is 0 Å². The Morgan fingerprint density at radius 2 is 1.84 bits per heavy atom. The summed E-state index contributed by atoms with van der Waals surface area (Å²) < 4.78 is 5.75. The Balaban J connectivity index is 1.58. The lowest BCUT2D eigenvalue weighted by Crippen LogP contribution is -2.30. The van der Waals surface area contributed by atoms with Crippen molar-refractivity contribution in [1.29, 1.82) is 0 Å². The molecule has 2 aromatic carbocycles. The number of hydrogen-bond acceptors (Lipinski definition) is 4. The van der Waals surface area contributed by atoms with Gasteiger partial charge >= 0.3 is 5.97 Å². The molecule has 0 amide bonds. The van der Waals surface area contributed by atoms with Gasteiger partial charge in [-0.05, 0) is 67.9 Å². The quantitative estimate of drug-likeness (QED) is 0.519. The minimum Gasteiger partial charge on any atom is -0.451 e. The number of fused-ring (bicyclic) bond motifs is 2. The second-order valence-electron chi connectivity index (χ2n) is 8.52. The molecule has 4 nitrogen and oxygen atoms in total. The number of carbonyl (C=O) groups excluding carboxylic acids is 2. The summed E-state index contributed by atoms with van der Waals surface area (Å²) in [6, 6.07) is 16.1. The van der Waals surface area contributed by atoms with E-state index < -0.39 is 12.1 Å². The predicted molar refractivity (Wildman–Crippen MR) is 122 cm³/mol. The molecule has 1 fully saturated rings. The number of ether oxygens (including phenoxy) is 1. The van der Waals surface area contributed by atoms with E-state index in [1.54, 1.807) is 0 Å². The number of nitrogens with zero attached hydrogens (tertiary/aromatic N) is 1. The van der Waals surface area contributed by atoms with Gasteiger partial charge in [0.05, 0.1) is 16.8 Å². The monoisotopic (exact) mass is 411 g/mol. The van der Waals surface area contributed by atoms with Crippen molar-refractivity contribution in [1.82, 2.24) is 4.98 Å². The van der Waals surface area contributed by atoms with Crippen molar-refractivity contribution >= 4 is 34.3 Å². The van der Waals surface area contributed by atoms with Crippen LogP contribution in [0.3, 0.4) is 0 Å². The maximum absolute atomic E-state index is 13.3. The molecule has 3 aromatic rings. The number of aryl methyl sites for hydroxylation is 1. The number of para-hydroxylation sites is 1. The SMILES string of the molecule is Cc1ccc(/C=C2\CCc3c2nc2ccccc2c3C(=O)O[C@@H]2CCCCC2=O)cc1. The number of hydrogen-bond donors (Lipinski definition) is 0. The average Bonchev–Trinajstić information content (AvgIpc) is 3.17. The van der Waals surface area contributed by atoms with Crippen molar-refractivity contribution in [3.63, 3.8) is 0 Å². The third kappa shape index (κ3) is 3.78. The lowest BCUT2D eigenvalue weighted by Gasteiger charge is -2.21. The standard InChI is InChI=1S/C27H25NO3/c1-17-10-12-18(13-11-17)16-19-14-15-21-25(20-6-2-3-7-22(20)28-26(19)21)27(30)31-24-9-5-4-8-23(24)29/h2-3,6-7,10-13,16,24H,4-5,8-9,14-15H2,1H3/b19-16+/t24-/m1/s1. The molecule has 0 bridgehead atoms. The summed E-state index contributed by atoms with van der Waals surface area (Å²) in [5.74, 6) is -0.360. The first-order valence-corrected chi connectivity index (χ1v) is 11.0. The minimum atomic E-state index is -0.618. The molecule has 0 unspecified atom stereocenters. The Morgan fingerprint density at radius 1 is 1.03 bits per heavy atom. The molecule has 1 heterocycles. The van der Waals surface area contributed by atoms with Crippen LogP contribution in [0.25, 0.3) is 22.6 Å². The van der Waals surface area contributed by atoms with Crippen LogP contribution in [0.5, 0.6) is 0 Å². The highest BCUT2D eigenvalue weighted by atomic mass is 16.5. The smallest absolute Gasteiger partial charge is 0.339 e. The van der Waals surface area contributed by atoms with Crippen LogP contribution in [0.15, 0.2) is 48.5 Å². The Morgan fingerprint density at radius 3 is 2.65 bits per heavy atom. The highest BCUT2D eigenvalue weighted by molar-refractivity contribution is 6.07. The molecule has 4 heteroatoms. The molecule has 156 valence electrons. The average molecular weight is 412 g/mol. The number of ketones is 1. The third-order valence-electron chi connectivity index (χ3n) is 6.31. The van der Waals surface area contributed by atoms with Gasteiger partial charge in [0.1, 0.15) is 0 Å². The molecule has 31 heavy (non-hydrogen) atoms. The van der Waals surface area contributed by atoms with Gasteiger partial charge < -0.3 is 4.74 Å². The van der Waals surface area contributed by atoms with Crippen LogP contribution in [-0.2, 0) is 16.0 Å². The fourth-order valence-corrected chi connectivity index (χ4v) is 4.64. The summed E-state index contributed by atoms with van der Waals surface area (Å²) in [6.45, 7) is 2.07. The Labute approximate surface area is 182 Å². The topological polar surface area (TPSA) is 56.3 Å². The Hall–Kier alpha value is -3.27. The van der Waals surface area contributed by atoms with Gasteiger partial charge in [0, 0.05) is 11.8 Å². The first-order chi connectivity index (χ1) is 15.1. The second-order valence-corrected chi connectivity index (χ2v) is 8.52. The van der Waals surface area contributed by atoms with Crippen molar-refractivity contribution in [3.05, 3.63) is 76.5 Å². The van der Waals surface area contributed by atoms with E-state index >= 15 is 0 Å². The van der Waals surface area contributed by atoms with Crippen molar-refractivity contribution in [3.8, 4) is 0 Å². The lowest BCUT2D eigenvalue weighted by atomic mass is 9.96. The minimum absolute atomic E-state index is 0.0366. The zero-order chi connectivity index (χ0) is 21.4. The Kier molecular flexibility index (Phi) is 5.14. The Bertz CT molecular complexity index is 1210. The highest BCUT2D eigenvalue weighted by Gasteiger charge is 2.31. The molecule has 1 aromatic heterocycles. The first kappa shape index (κ1) is 19.7. The lowest BCUT2D eigenvalue weighted by molar-refractivity contribution is -0.129. The van der Waals surface area contributed by atoms with Gasteiger partial charge in [0.2, 0.25) is 0 Å². The highest BCUT2D eigenvalue weighted by Crippen LogP contribution is 2.38. The number of aromatic nitrogens is 1. The van der Waals surface area contributed by atoms with Gasteiger partial charge in [-0.2, -0.15) is 0 Å². The van der Waals surface area contributed by atoms with Crippen molar-refractivity contribution in [2.24, 2.45) is 0 Å². The van der Waals surface area contributed by atoms with Crippen LogP contribution in [0.1, 0.15) is 64.8 Å². The summed E-state index contributed by atoms with van der Waals surface area (Å²) in [7, 11) is 0. The molecule has 1 atom stereocenters. The van der Waals surface area contributed by atoms with E-state index in [9.17, 15) is 9.59 Å². The van der Waals surface area contributed by atoms with Crippen LogP contribution < -0.4 is 0 Å². The maximum Gasteiger partial charge on any atom is 0.339 e. The number of allylic oxidation sites excluding steroid dienone is 1. The van der Waals surface area contributed by atoms with E-state index in [1.807, 2.05) is 24.3 Å². The van der Waals surface area contributed by atoms with Gasteiger partial charge in [-0.1, -0.05) is 48.0 Å². The molecule has 0 radical (unpaired) electrons. The number of benzene rings is 2. The van der Waals surface area contributed by atoms with Crippen LogP contribution >= 0.6 is 0 Å². The van der Waals surface area contributed by atoms with E-state index in [0.717, 1.165) is 59.0 Å². The molecule has 0 N–H and O–H groups in total.